The van der Waals surface area contributed by atoms with Crippen LogP contribution in [-0.4, -0.2) is 85.0 Å². The molecule has 21 heavy (non-hydrogen) atoms. The quantitative estimate of drug-likeness (QED) is 0.616. The average molecular weight is 318 g/mol. The summed E-state index contributed by atoms with van der Waals surface area (Å²) in [6, 6.07) is -0.546. The molecule has 3 unspecified atom stereocenters. The second kappa shape index (κ2) is 5.47. The fourth-order valence-corrected chi connectivity index (χ4v) is 4.46. The van der Waals surface area contributed by atoms with Crippen molar-refractivity contribution in [3.8, 4) is 0 Å². The van der Waals surface area contributed by atoms with Gasteiger partial charge in [0.25, 0.3) is 0 Å². The largest absolute Gasteiger partial charge is 0.500 e. The van der Waals surface area contributed by atoms with Crippen molar-refractivity contribution in [2.75, 3.05) is 27.2 Å². The Hall–Kier alpha value is -1.32. The van der Waals surface area contributed by atoms with Gasteiger partial charge in [-0.15, -0.1) is 0 Å². The summed E-state index contributed by atoms with van der Waals surface area (Å²) in [5.41, 5.74) is 0. The highest BCUT2D eigenvalue weighted by Crippen LogP contribution is 2.19. The van der Waals surface area contributed by atoms with Crippen LogP contribution in [0.3, 0.4) is 0 Å². The van der Waals surface area contributed by atoms with Gasteiger partial charge in [0, 0.05) is 13.1 Å². The number of ether oxygens (including phenoxy) is 1. The average Bonchev–Trinajstić information content (AvgIpc) is 2.39. The van der Waals surface area contributed by atoms with Gasteiger partial charge >= 0.3 is 11.9 Å². The number of rotatable bonds is 2. The summed E-state index contributed by atoms with van der Waals surface area (Å²) in [5, 5.41) is -1.37. The summed E-state index contributed by atoms with van der Waals surface area (Å²) in [7, 11) is -1.17. The predicted molar refractivity (Wildman–Crippen MR) is 74.7 cm³/mol. The molecule has 118 valence electrons. The van der Waals surface area contributed by atoms with Gasteiger partial charge in [0.1, 0.15) is 6.21 Å². The van der Waals surface area contributed by atoms with E-state index in [1.165, 1.54) is 18.4 Å². The number of imide groups is 1. The Bertz CT molecular complexity index is 590. The molecule has 0 spiro atoms. The van der Waals surface area contributed by atoms with Gasteiger partial charge in [-0.1, -0.05) is 0 Å². The molecule has 2 heterocycles. The number of hydrogen-bond donors (Lipinski definition) is 0. The van der Waals surface area contributed by atoms with Crippen LogP contribution in [0, 0.1) is 0 Å². The molecule has 0 aromatic heterocycles. The third-order valence-corrected chi connectivity index (χ3v) is 5.57. The van der Waals surface area contributed by atoms with E-state index >= 15 is 0 Å². The number of hydrogen-bond acceptors (Lipinski definition) is 5. The predicted octanol–water partition coefficient (Wildman–Crippen LogP) is -0.901. The summed E-state index contributed by atoms with van der Waals surface area (Å²) < 4.78 is 33.3. The lowest BCUT2D eigenvalue weighted by atomic mass is 10.3. The first-order chi connectivity index (χ1) is 9.64. The number of amides is 3. The molecule has 0 saturated carbocycles. The van der Waals surface area contributed by atoms with E-state index in [4.69, 9.17) is 4.74 Å². The summed E-state index contributed by atoms with van der Waals surface area (Å²) >= 11 is 0. The van der Waals surface area contributed by atoms with E-state index in [0.717, 1.165) is 15.7 Å². The van der Waals surface area contributed by atoms with Crippen molar-refractivity contribution >= 4 is 28.2 Å². The number of morpholine rings is 1. The van der Waals surface area contributed by atoms with Crippen LogP contribution in [0.25, 0.3) is 0 Å². The zero-order valence-corrected chi connectivity index (χ0v) is 13.3. The normalized spacial score (nSPS) is 32.3. The lowest BCUT2D eigenvalue weighted by Gasteiger charge is -2.35. The minimum Gasteiger partial charge on any atom is -0.373 e. The molecule has 0 radical (unpaired) electrons. The second-order valence-electron chi connectivity index (χ2n) is 5.48. The molecule has 1 saturated heterocycles. The number of nitrogens with zero attached hydrogens (tertiary/aromatic N) is 3. The molecule has 8 nitrogen and oxygen atoms in total. The first-order valence-corrected chi connectivity index (χ1v) is 8.18. The van der Waals surface area contributed by atoms with Crippen molar-refractivity contribution in [1.29, 1.82) is 0 Å². The number of carbonyl (C=O) groups excluding carboxylic acids is 2. The minimum absolute atomic E-state index is 0.200. The molecular weight excluding hydrogens is 298 g/mol. The van der Waals surface area contributed by atoms with Gasteiger partial charge in [-0.2, -0.15) is 14.0 Å². The fraction of sp³-hybridized carbons (Fsp3) is 0.750. The molecule has 3 atom stereocenters. The van der Waals surface area contributed by atoms with Crippen LogP contribution in [-0.2, 0) is 19.6 Å². The molecule has 2 aliphatic heterocycles. The molecule has 0 N–H and O–H groups in total. The first kappa shape index (κ1) is 16.1. The van der Waals surface area contributed by atoms with Crippen LogP contribution in [0.15, 0.2) is 0 Å². The van der Waals surface area contributed by atoms with Gasteiger partial charge in [0.2, 0.25) is 15.3 Å². The molecule has 3 amide bonds. The smallest absolute Gasteiger partial charge is 0.373 e. The summed E-state index contributed by atoms with van der Waals surface area (Å²) in [6.45, 7) is 3.97. The minimum atomic E-state index is -3.88. The number of sulfonamides is 1. The van der Waals surface area contributed by atoms with Crippen molar-refractivity contribution in [3.05, 3.63) is 0 Å². The Morgan fingerprint density at radius 3 is 2.29 bits per heavy atom. The van der Waals surface area contributed by atoms with Gasteiger partial charge in [-0.3, -0.25) is 0 Å². The molecule has 2 rings (SSSR count). The molecule has 0 aliphatic carbocycles. The van der Waals surface area contributed by atoms with Crippen molar-refractivity contribution in [3.63, 3.8) is 0 Å². The van der Waals surface area contributed by atoms with Crippen molar-refractivity contribution in [1.82, 2.24) is 9.21 Å². The first-order valence-electron chi connectivity index (χ1n) is 6.68. The maximum atomic E-state index is 12.7. The van der Waals surface area contributed by atoms with Crippen molar-refractivity contribution in [2.45, 2.75) is 31.3 Å². The molecule has 9 heteroatoms. The molecule has 2 aliphatic rings. The van der Waals surface area contributed by atoms with Crippen LogP contribution in [0.2, 0.25) is 0 Å². The zero-order chi connectivity index (χ0) is 15.9. The van der Waals surface area contributed by atoms with Crippen LogP contribution in [0.5, 0.6) is 0 Å². The second-order valence-corrected chi connectivity index (χ2v) is 7.53. The van der Waals surface area contributed by atoms with Crippen LogP contribution >= 0.6 is 0 Å². The van der Waals surface area contributed by atoms with E-state index in [-0.39, 0.29) is 25.3 Å². The highest BCUT2D eigenvalue weighted by atomic mass is 32.2. The van der Waals surface area contributed by atoms with E-state index < -0.39 is 27.2 Å². The van der Waals surface area contributed by atoms with E-state index in [0.29, 0.717) is 0 Å². The fourth-order valence-electron chi connectivity index (χ4n) is 2.56. The molecule has 1 fully saturated rings. The topological polar surface area (TPSA) is 87.0 Å². The van der Waals surface area contributed by atoms with Gasteiger partial charge in [0.15, 0.2) is 0 Å². The van der Waals surface area contributed by atoms with Crippen LogP contribution < -0.4 is 0 Å². The lowest BCUT2D eigenvalue weighted by molar-refractivity contribution is -0.399. The summed E-state index contributed by atoms with van der Waals surface area (Å²) in [4.78, 5) is 24.6. The third kappa shape index (κ3) is 2.85. The van der Waals surface area contributed by atoms with Gasteiger partial charge in [-0.05, 0) is 13.8 Å². The van der Waals surface area contributed by atoms with E-state index in [9.17, 15) is 18.0 Å². The Morgan fingerprint density at radius 1 is 1.24 bits per heavy atom. The summed E-state index contributed by atoms with van der Waals surface area (Å²) in [6.07, 6.45) is 0.684. The van der Waals surface area contributed by atoms with E-state index in [2.05, 4.69) is 0 Å². The molecule has 0 bridgehead atoms. The maximum absolute atomic E-state index is 12.7. The van der Waals surface area contributed by atoms with E-state index in [1.807, 2.05) is 0 Å². The Kier molecular flexibility index (Phi) is 4.18. The monoisotopic (exact) mass is 318 g/mol. The van der Waals surface area contributed by atoms with Gasteiger partial charge in [0.05, 0.1) is 26.3 Å². The Morgan fingerprint density at radius 2 is 1.76 bits per heavy atom. The standard InChI is InChI=1S/C12H20N3O5S/c1-8-5-15(6-9(2)20-8)21(18,19)10-7-13(3)12(17)14(4)11(10)16/h7-10H,5-6H2,1-4H3/q+1. The van der Waals surface area contributed by atoms with Crippen LogP contribution in [0.4, 0.5) is 4.79 Å². The Balaban J connectivity index is 2.35. The maximum Gasteiger partial charge on any atom is 0.500 e. The summed E-state index contributed by atoms with van der Waals surface area (Å²) in [5.74, 6) is -0.732. The Labute approximate surface area is 124 Å². The highest BCUT2D eigenvalue weighted by molar-refractivity contribution is 7.91. The van der Waals surface area contributed by atoms with Crippen LogP contribution in [0.1, 0.15) is 13.8 Å². The highest BCUT2D eigenvalue weighted by Gasteiger charge is 2.49. The molecule has 0 aromatic carbocycles. The van der Waals surface area contributed by atoms with E-state index in [1.54, 1.807) is 13.8 Å². The molecule has 0 aromatic rings. The third-order valence-electron chi connectivity index (χ3n) is 3.59. The van der Waals surface area contributed by atoms with Gasteiger partial charge < -0.3 is 4.74 Å². The number of carbonyl (C=O) groups is 2. The lowest BCUT2D eigenvalue weighted by Crippen LogP contribution is -2.58. The van der Waals surface area contributed by atoms with Gasteiger partial charge in [-0.25, -0.2) is 17.8 Å². The molecular formula is C12H20N3O5S+. The van der Waals surface area contributed by atoms with Crippen molar-refractivity contribution in [2.24, 2.45) is 0 Å². The zero-order valence-electron chi connectivity index (χ0n) is 12.5. The SMILES string of the molecule is CC1CN(S(=O)(=O)C2C=[N+](C)C(=O)N(C)C2=O)CC(C)O1. The van der Waals surface area contributed by atoms with Crippen molar-refractivity contribution < 1.29 is 27.3 Å². The number of urea groups is 1.